The fraction of sp³-hybridized carbons (Fsp3) is 0.600. The zero-order chi connectivity index (χ0) is 24.8. The Morgan fingerprint density at radius 2 is 1.85 bits per heavy atom. The third kappa shape index (κ3) is 4.23. The number of carbonyl (C=O) groups excluding carboxylic acids is 4. The molecular formula is C25H33N3O6. The van der Waals surface area contributed by atoms with E-state index in [1.54, 1.807) is 52.8 Å². The van der Waals surface area contributed by atoms with Crippen LogP contribution in [0.4, 0.5) is 11.4 Å². The van der Waals surface area contributed by atoms with E-state index >= 15 is 0 Å². The van der Waals surface area contributed by atoms with Gasteiger partial charge in [0.05, 0.1) is 12.3 Å². The van der Waals surface area contributed by atoms with Gasteiger partial charge in [0.1, 0.15) is 11.2 Å². The van der Waals surface area contributed by atoms with E-state index < -0.39 is 17.0 Å². The first kappa shape index (κ1) is 24.0. The van der Waals surface area contributed by atoms with Crippen LogP contribution < -0.4 is 15.4 Å². The van der Waals surface area contributed by atoms with Gasteiger partial charge in [-0.2, -0.15) is 0 Å². The standard InChI is InChI=1S/C25H33N3O6/c1-6-33-23(32)24(2,3)22(31)28-16-8-9-17(28)12-14(11-16)20(29)26-15-7-10-19-18(13-15)27-21(30)25(4,5)34-19/h7,10,13-14,16-17H,6,8-9,11-12H2,1-5H3,(H,26,29)(H,27,30). The molecule has 1 aromatic rings. The number of benzene rings is 1. The van der Waals surface area contributed by atoms with Crippen LogP contribution in [0.5, 0.6) is 5.75 Å². The second kappa shape index (κ2) is 8.60. The number of nitrogens with zero attached hydrogens (tertiary/aromatic N) is 1. The predicted molar refractivity (Wildman–Crippen MR) is 125 cm³/mol. The molecule has 0 aliphatic carbocycles. The summed E-state index contributed by atoms with van der Waals surface area (Å²) in [5.41, 5.74) is -1.12. The summed E-state index contributed by atoms with van der Waals surface area (Å²) in [5, 5.41) is 5.77. The number of ether oxygens (including phenoxy) is 2. The highest BCUT2D eigenvalue weighted by atomic mass is 16.5. The average Bonchev–Trinajstić information content (AvgIpc) is 3.02. The molecular weight excluding hydrogens is 438 g/mol. The van der Waals surface area contributed by atoms with Crippen molar-refractivity contribution in [1.29, 1.82) is 0 Å². The van der Waals surface area contributed by atoms with Crippen LogP contribution >= 0.6 is 0 Å². The Labute approximate surface area is 199 Å². The molecule has 0 radical (unpaired) electrons. The zero-order valence-corrected chi connectivity index (χ0v) is 20.4. The molecule has 2 fully saturated rings. The molecule has 2 N–H and O–H groups in total. The van der Waals surface area contributed by atoms with E-state index in [-0.39, 0.29) is 42.3 Å². The van der Waals surface area contributed by atoms with Gasteiger partial charge in [-0.15, -0.1) is 0 Å². The summed E-state index contributed by atoms with van der Waals surface area (Å²) in [6.45, 7) is 8.54. The number of hydrogen-bond donors (Lipinski definition) is 2. The Balaban J connectivity index is 1.42. The van der Waals surface area contributed by atoms with Gasteiger partial charge in [-0.05, 0) is 78.5 Å². The smallest absolute Gasteiger partial charge is 0.321 e. The number of hydrogen-bond acceptors (Lipinski definition) is 6. The lowest BCUT2D eigenvalue weighted by molar-refractivity contribution is -0.165. The Morgan fingerprint density at radius 1 is 1.21 bits per heavy atom. The molecule has 9 nitrogen and oxygen atoms in total. The molecule has 9 heteroatoms. The number of piperidine rings is 1. The van der Waals surface area contributed by atoms with Gasteiger partial charge >= 0.3 is 5.97 Å². The number of carbonyl (C=O) groups is 4. The number of anilines is 2. The molecule has 0 spiro atoms. The van der Waals surface area contributed by atoms with E-state index in [9.17, 15) is 19.2 Å². The normalized spacial score (nSPS) is 25.0. The zero-order valence-electron chi connectivity index (χ0n) is 20.4. The highest BCUT2D eigenvalue weighted by molar-refractivity contribution is 6.03. The topological polar surface area (TPSA) is 114 Å². The third-order valence-corrected chi connectivity index (χ3v) is 7.07. The van der Waals surface area contributed by atoms with E-state index in [0.29, 0.717) is 30.0 Å². The lowest BCUT2D eigenvalue weighted by Crippen LogP contribution is -2.54. The lowest BCUT2D eigenvalue weighted by atomic mass is 9.85. The van der Waals surface area contributed by atoms with Crippen LogP contribution in [-0.4, -0.2) is 52.9 Å². The second-order valence-electron chi connectivity index (χ2n) is 10.4. The molecule has 1 aromatic carbocycles. The first-order valence-corrected chi connectivity index (χ1v) is 11.9. The second-order valence-corrected chi connectivity index (χ2v) is 10.4. The van der Waals surface area contributed by atoms with E-state index in [1.165, 1.54) is 0 Å². The van der Waals surface area contributed by atoms with Crippen molar-refractivity contribution in [1.82, 2.24) is 4.90 Å². The van der Waals surface area contributed by atoms with Crippen molar-refractivity contribution >= 4 is 35.1 Å². The van der Waals surface area contributed by atoms with Crippen molar-refractivity contribution < 1.29 is 28.7 Å². The van der Waals surface area contributed by atoms with Gasteiger partial charge < -0.3 is 25.0 Å². The summed E-state index contributed by atoms with van der Waals surface area (Å²) >= 11 is 0. The summed E-state index contributed by atoms with van der Waals surface area (Å²) in [6.07, 6.45) is 2.73. The van der Waals surface area contributed by atoms with Crippen LogP contribution in [0.25, 0.3) is 0 Å². The van der Waals surface area contributed by atoms with Gasteiger partial charge in [-0.3, -0.25) is 19.2 Å². The van der Waals surface area contributed by atoms with Crippen molar-refractivity contribution in [3.05, 3.63) is 18.2 Å². The van der Waals surface area contributed by atoms with E-state index in [1.807, 2.05) is 4.90 Å². The van der Waals surface area contributed by atoms with Crippen LogP contribution in [-0.2, 0) is 23.9 Å². The Hall–Kier alpha value is -3.10. The molecule has 0 aromatic heterocycles. The van der Waals surface area contributed by atoms with Crippen LogP contribution in [0.2, 0.25) is 0 Å². The molecule has 184 valence electrons. The first-order valence-electron chi connectivity index (χ1n) is 11.9. The van der Waals surface area contributed by atoms with E-state index in [0.717, 1.165) is 12.8 Å². The van der Waals surface area contributed by atoms with Crippen LogP contribution in [0, 0.1) is 11.3 Å². The summed E-state index contributed by atoms with van der Waals surface area (Å²) in [5.74, 6) is -0.804. The number of rotatable bonds is 5. The molecule has 34 heavy (non-hydrogen) atoms. The molecule has 3 amide bonds. The fourth-order valence-electron chi connectivity index (χ4n) is 5.08. The maximum absolute atomic E-state index is 13.3. The minimum Gasteiger partial charge on any atom is -0.476 e. The molecule has 2 atom stereocenters. The SMILES string of the molecule is CCOC(=O)C(C)(C)C(=O)N1C2CCC1CC(C(=O)Nc1ccc3c(c1)NC(=O)C(C)(C)O3)C2. The number of esters is 1. The molecule has 0 saturated carbocycles. The molecule has 2 bridgehead atoms. The van der Waals surface area contributed by atoms with Crippen molar-refractivity contribution in [3.8, 4) is 5.75 Å². The summed E-state index contributed by atoms with van der Waals surface area (Å²) in [7, 11) is 0. The van der Waals surface area contributed by atoms with Crippen molar-refractivity contribution in [3.63, 3.8) is 0 Å². The first-order chi connectivity index (χ1) is 15.9. The van der Waals surface area contributed by atoms with Gasteiger partial charge in [0.25, 0.3) is 5.91 Å². The lowest BCUT2D eigenvalue weighted by Gasteiger charge is -2.41. The van der Waals surface area contributed by atoms with Crippen molar-refractivity contribution in [2.24, 2.45) is 11.3 Å². The molecule has 4 rings (SSSR count). The average molecular weight is 472 g/mol. The van der Waals surface area contributed by atoms with Crippen LogP contribution in [0.1, 0.15) is 60.3 Å². The van der Waals surface area contributed by atoms with E-state index in [2.05, 4.69) is 10.6 Å². The molecule has 3 heterocycles. The quantitative estimate of drug-likeness (QED) is 0.504. The summed E-state index contributed by atoms with van der Waals surface area (Å²) < 4.78 is 10.8. The largest absolute Gasteiger partial charge is 0.476 e. The highest BCUT2D eigenvalue weighted by Gasteiger charge is 2.51. The molecule has 3 aliphatic heterocycles. The molecule has 3 aliphatic rings. The minimum absolute atomic E-state index is 0.0749. The van der Waals surface area contributed by atoms with Crippen molar-refractivity contribution in [2.45, 2.75) is 78.0 Å². The summed E-state index contributed by atoms with van der Waals surface area (Å²) in [6, 6.07) is 5.02. The maximum atomic E-state index is 13.3. The Morgan fingerprint density at radius 3 is 2.47 bits per heavy atom. The Bertz CT molecular complexity index is 1020. The van der Waals surface area contributed by atoms with Crippen molar-refractivity contribution in [2.75, 3.05) is 17.2 Å². The highest BCUT2D eigenvalue weighted by Crippen LogP contribution is 2.42. The minimum atomic E-state index is -1.25. The van der Waals surface area contributed by atoms with Gasteiger partial charge in [0, 0.05) is 23.7 Å². The number of fused-ring (bicyclic) bond motifs is 3. The molecule has 2 unspecified atom stereocenters. The number of amides is 3. The van der Waals surface area contributed by atoms with Gasteiger partial charge in [0.15, 0.2) is 5.60 Å². The monoisotopic (exact) mass is 471 g/mol. The van der Waals surface area contributed by atoms with Crippen LogP contribution in [0.15, 0.2) is 18.2 Å². The molecule has 2 saturated heterocycles. The maximum Gasteiger partial charge on any atom is 0.321 e. The van der Waals surface area contributed by atoms with Crippen LogP contribution in [0.3, 0.4) is 0 Å². The number of nitrogens with one attached hydrogen (secondary N) is 2. The third-order valence-electron chi connectivity index (χ3n) is 7.07. The van der Waals surface area contributed by atoms with Gasteiger partial charge in [0.2, 0.25) is 11.8 Å². The van der Waals surface area contributed by atoms with E-state index in [4.69, 9.17) is 9.47 Å². The van der Waals surface area contributed by atoms with Gasteiger partial charge in [-0.25, -0.2) is 0 Å². The fourth-order valence-corrected chi connectivity index (χ4v) is 5.08. The van der Waals surface area contributed by atoms with Gasteiger partial charge in [-0.1, -0.05) is 0 Å². The Kier molecular flexibility index (Phi) is 6.08. The summed E-state index contributed by atoms with van der Waals surface area (Å²) in [4.78, 5) is 52.7. The predicted octanol–water partition coefficient (Wildman–Crippen LogP) is 3.09.